The van der Waals surface area contributed by atoms with E-state index in [9.17, 15) is 4.79 Å². The molecule has 1 aliphatic rings. The molecule has 2 rings (SSSR count). The van der Waals surface area contributed by atoms with E-state index in [1.54, 1.807) is 0 Å². The average Bonchev–Trinajstić information content (AvgIpc) is 2.43. The third-order valence-corrected chi connectivity index (χ3v) is 3.41. The number of rotatable bonds is 6. The van der Waals surface area contributed by atoms with E-state index < -0.39 is 0 Å². The molecular formula is C15H21NO3. The van der Waals surface area contributed by atoms with Crippen LogP contribution in [0, 0.1) is 5.92 Å². The Hall–Kier alpha value is -1.23. The highest BCUT2D eigenvalue weighted by Crippen LogP contribution is 2.13. The maximum Gasteiger partial charge on any atom is 0.141 e. The second-order valence-electron chi connectivity index (χ2n) is 4.93. The van der Waals surface area contributed by atoms with Crippen LogP contribution in [0.5, 0.6) is 0 Å². The number of nitrogens with zero attached hydrogens (tertiary/aromatic N) is 1. The fourth-order valence-corrected chi connectivity index (χ4v) is 2.38. The van der Waals surface area contributed by atoms with Crippen molar-refractivity contribution in [3.8, 4) is 0 Å². The molecule has 4 heteroatoms. The van der Waals surface area contributed by atoms with Gasteiger partial charge in [0, 0.05) is 26.1 Å². The first-order valence-corrected chi connectivity index (χ1v) is 6.77. The first-order chi connectivity index (χ1) is 9.29. The van der Waals surface area contributed by atoms with Crippen molar-refractivity contribution in [2.75, 3.05) is 32.9 Å². The van der Waals surface area contributed by atoms with Crippen LogP contribution in [-0.2, 0) is 16.1 Å². The molecule has 1 aromatic rings. The van der Waals surface area contributed by atoms with E-state index in [-0.39, 0.29) is 18.3 Å². The predicted octanol–water partition coefficient (Wildman–Crippen LogP) is 1.09. The molecule has 0 spiro atoms. The van der Waals surface area contributed by atoms with E-state index in [1.807, 2.05) is 18.2 Å². The molecule has 1 aliphatic heterocycles. The minimum Gasteiger partial charge on any atom is -0.395 e. The number of aliphatic hydroxyl groups excluding tert-OH is 1. The Morgan fingerprint density at radius 1 is 1.32 bits per heavy atom. The van der Waals surface area contributed by atoms with Crippen molar-refractivity contribution in [1.29, 1.82) is 0 Å². The molecule has 0 bridgehead atoms. The highest BCUT2D eigenvalue weighted by Gasteiger charge is 2.25. The van der Waals surface area contributed by atoms with E-state index in [4.69, 9.17) is 9.84 Å². The molecule has 0 saturated carbocycles. The molecule has 104 valence electrons. The third kappa shape index (κ3) is 4.42. The highest BCUT2D eigenvalue weighted by molar-refractivity contribution is 5.82. The summed E-state index contributed by atoms with van der Waals surface area (Å²) in [4.78, 5) is 13.9. The van der Waals surface area contributed by atoms with Gasteiger partial charge in [-0.1, -0.05) is 30.3 Å². The van der Waals surface area contributed by atoms with Gasteiger partial charge in [-0.25, -0.2) is 0 Å². The van der Waals surface area contributed by atoms with Gasteiger partial charge in [0.2, 0.25) is 0 Å². The second-order valence-corrected chi connectivity index (χ2v) is 4.93. The van der Waals surface area contributed by atoms with Gasteiger partial charge in [0.05, 0.1) is 25.7 Å². The third-order valence-electron chi connectivity index (χ3n) is 3.41. The minimum atomic E-state index is -0.0518. The van der Waals surface area contributed by atoms with Gasteiger partial charge >= 0.3 is 0 Å². The van der Waals surface area contributed by atoms with Gasteiger partial charge in [-0.3, -0.25) is 9.69 Å². The van der Waals surface area contributed by atoms with Crippen molar-refractivity contribution in [3.05, 3.63) is 35.9 Å². The molecule has 1 atom stereocenters. The van der Waals surface area contributed by atoms with Crippen molar-refractivity contribution in [3.63, 3.8) is 0 Å². The summed E-state index contributed by atoms with van der Waals surface area (Å²) in [6, 6.07) is 10.1. The molecule has 1 aromatic carbocycles. The van der Waals surface area contributed by atoms with Crippen LogP contribution in [0.1, 0.15) is 12.0 Å². The van der Waals surface area contributed by atoms with Crippen molar-refractivity contribution in [1.82, 2.24) is 4.90 Å². The minimum absolute atomic E-state index is 0.0518. The lowest BCUT2D eigenvalue weighted by molar-refractivity contribution is -0.131. The summed E-state index contributed by atoms with van der Waals surface area (Å²) in [7, 11) is 0. The van der Waals surface area contributed by atoms with Crippen LogP contribution >= 0.6 is 0 Å². The van der Waals surface area contributed by atoms with Crippen LogP contribution in [0.4, 0.5) is 0 Å². The number of benzene rings is 1. The maximum absolute atomic E-state index is 11.8. The average molecular weight is 263 g/mol. The zero-order valence-electron chi connectivity index (χ0n) is 11.1. The fraction of sp³-hybridized carbons (Fsp3) is 0.533. The lowest BCUT2D eigenvalue weighted by atomic mass is 9.99. The fourth-order valence-electron chi connectivity index (χ4n) is 2.38. The van der Waals surface area contributed by atoms with Crippen molar-refractivity contribution < 1.29 is 14.6 Å². The molecule has 0 amide bonds. The number of carbonyl (C=O) groups excluding carboxylic acids is 1. The summed E-state index contributed by atoms with van der Waals surface area (Å²) in [6.07, 6.45) is 0.517. The van der Waals surface area contributed by atoms with Crippen LogP contribution in [0.15, 0.2) is 30.3 Å². The zero-order valence-corrected chi connectivity index (χ0v) is 11.1. The summed E-state index contributed by atoms with van der Waals surface area (Å²) >= 11 is 0. The SMILES string of the molecule is O=C1CCOCC1CN(CCO)Cc1ccccc1. The van der Waals surface area contributed by atoms with Crippen LogP contribution < -0.4 is 0 Å². The largest absolute Gasteiger partial charge is 0.395 e. The van der Waals surface area contributed by atoms with Crippen molar-refractivity contribution in [2.45, 2.75) is 13.0 Å². The van der Waals surface area contributed by atoms with Crippen molar-refractivity contribution >= 4 is 5.78 Å². The Labute approximate surface area is 114 Å². The number of hydrogen-bond donors (Lipinski definition) is 1. The number of hydrogen-bond acceptors (Lipinski definition) is 4. The maximum atomic E-state index is 11.8. The van der Waals surface area contributed by atoms with Gasteiger partial charge in [0.1, 0.15) is 5.78 Å². The molecule has 0 aromatic heterocycles. The molecule has 1 fully saturated rings. The molecule has 1 unspecified atom stereocenters. The quantitative estimate of drug-likeness (QED) is 0.834. The number of ketones is 1. The summed E-state index contributed by atoms with van der Waals surface area (Å²) in [6.45, 7) is 3.16. The van der Waals surface area contributed by atoms with Gasteiger partial charge < -0.3 is 9.84 Å². The summed E-state index contributed by atoms with van der Waals surface area (Å²) in [5.41, 5.74) is 1.19. The second kappa shape index (κ2) is 7.38. The van der Waals surface area contributed by atoms with Crippen molar-refractivity contribution in [2.24, 2.45) is 5.92 Å². The first kappa shape index (κ1) is 14.2. The molecule has 0 radical (unpaired) electrons. The summed E-state index contributed by atoms with van der Waals surface area (Å²) in [5, 5.41) is 9.15. The Kier molecular flexibility index (Phi) is 5.51. The van der Waals surface area contributed by atoms with Gasteiger partial charge in [-0.05, 0) is 5.56 Å². The monoisotopic (exact) mass is 263 g/mol. The van der Waals surface area contributed by atoms with Crippen LogP contribution in [-0.4, -0.2) is 48.7 Å². The van der Waals surface area contributed by atoms with Gasteiger partial charge in [-0.2, -0.15) is 0 Å². The van der Waals surface area contributed by atoms with Gasteiger partial charge in [-0.15, -0.1) is 0 Å². The van der Waals surface area contributed by atoms with E-state index in [0.29, 0.717) is 32.7 Å². The molecule has 0 aliphatic carbocycles. The number of carbonyl (C=O) groups is 1. The molecular weight excluding hydrogens is 242 g/mol. The van der Waals surface area contributed by atoms with Gasteiger partial charge in [0.25, 0.3) is 0 Å². The standard InChI is InChI=1S/C15H21NO3/c17-8-7-16(10-13-4-2-1-3-5-13)11-14-12-19-9-6-15(14)18/h1-5,14,17H,6-12H2. The Bertz CT molecular complexity index is 394. The topological polar surface area (TPSA) is 49.8 Å². The number of ether oxygens (including phenoxy) is 1. The van der Waals surface area contributed by atoms with Crippen LogP contribution in [0.2, 0.25) is 0 Å². The molecule has 1 N–H and O–H groups in total. The highest BCUT2D eigenvalue weighted by atomic mass is 16.5. The molecule has 19 heavy (non-hydrogen) atoms. The van der Waals surface area contributed by atoms with Gasteiger partial charge in [0.15, 0.2) is 0 Å². The Morgan fingerprint density at radius 2 is 2.11 bits per heavy atom. The number of aliphatic hydroxyl groups is 1. The smallest absolute Gasteiger partial charge is 0.141 e. The van der Waals surface area contributed by atoms with E-state index in [1.165, 1.54) is 5.56 Å². The predicted molar refractivity (Wildman–Crippen MR) is 72.7 cm³/mol. The molecule has 4 nitrogen and oxygen atoms in total. The molecule has 1 saturated heterocycles. The zero-order chi connectivity index (χ0) is 13.5. The van der Waals surface area contributed by atoms with E-state index in [2.05, 4.69) is 17.0 Å². The number of Topliss-reactive ketones (excluding diaryl/α,β-unsaturated/α-hetero) is 1. The molecule has 1 heterocycles. The van der Waals surface area contributed by atoms with E-state index >= 15 is 0 Å². The normalized spacial score (nSPS) is 19.9. The Morgan fingerprint density at radius 3 is 2.79 bits per heavy atom. The lowest BCUT2D eigenvalue weighted by Crippen LogP contribution is -2.39. The lowest BCUT2D eigenvalue weighted by Gasteiger charge is -2.28. The first-order valence-electron chi connectivity index (χ1n) is 6.77. The van der Waals surface area contributed by atoms with E-state index in [0.717, 1.165) is 6.54 Å². The summed E-state index contributed by atoms with van der Waals surface area (Å²) < 4.78 is 5.37. The van der Waals surface area contributed by atoms with Crippen LogP contribution in [0.3, 0.4) is 0 Å². The van der Waals surface area contributed by atoms with Crippen LogP contribution in [0.25, 0.3) is 0 Å². The Balaban J connectivity index is 1.93. The summed E-state index contributed by atoms with van der Waals surface area (Å²) in [5.74, 6) is 0.228.